The largest absolute Gasteiger partial charge is 0.334 e. The van der Waals surface area contributed by atoms with Gasteiger partial charge < -0.3 is 4.90 Å². The Balaban J connectivity index is 2.53. The molecule has 1 aliphatic heterocycles. The van der Waals surface area contributed by atoms with Gasteiger partial charge in [-0.3, -0.25) is 9.59 Å². The highest BCUT2D eigenvalue weighted by Crippen LogP contribution is 2.15. The van der Waals surface area contributed by atoms with E-state index >= 15 is 0 Å². The summed E-state index contributed by atoms with van der Waals surface area (Å²) in [5.74, 6) is -0.364. The van der Waals surface area contributed by atoms with Crippen LogP contribution in [-0.4, -0.2) is 29.7 Å². The molecular formula is C8H13NO2. The average molecular weight is 155 g/mol. The third-order valence-corrected chi connectivity index (χ3v) is 2.19. The molecule has 1 heterocycles. The molecule has 0 aromatic heterocycles. The van der Waals surface area contributed by atoms with Gasteiger partial charge in [-0.05, 0) is 26.2 Å². The Morgan fingerprint density at radius 2 is 2.27 bits per heavy atom. The predicted octanol–water partition coefficient (Wildman–Crippen LogP) is 0.586. The van der Waals surface area contributed by atoms with Crippen LogP contribution >= 0.6 is 0 Å². The second-order valence-electron chi connectivity index (χ2n) is 2.99. The molecule has 0 aromatic carbocycles. The van der Waals surface area contributed by atoms with Crippen LogP contribution in [0.2, 0.25) is 0 Å². The molecule has 1 rings (SSSR count). The van der Waals surface area contributed by atoms with Crippen LogP contribution in [0.25, 0.3) is 0 Å². The molecule has 1 amide bonds. The molecule has 62 valence electrons. The molecule has 11 heavy (non-hydrogen) atoms. The van der Waals surface area contributed by atoms with Gasteiger partial charge in [0.1, 0.15) is 0 Å². The molecule has 0 unspecified atom stereocenters. The molecule has 0 bridgehead atoms. The van der Waals surface area contributed by atoms with Crippen molar-refractivity contribution >= 4 is 12.2 Å². The first-order valence-electron chi connectivity index (χ1n) is 4.01. The number of carbonyl (C=O) groups is 2. The lowest BCUT2D eigenvalue weighted by Crippen LogP contribution is -2.42. The van der Waals surface area contributed by atoms with Crippen LogP contribution in [0.5, 0.6) is 0 Å². The fourth-order valence-electron chi connectivity index (χ4n) is 1.49. The maximum absolute atomic E-state index is 10.9. The van der Waals surface area contributed by atoms with Crippen molar-refractivity contribution in [3.05, 3.63) is 0 Å². The molecule has 3 heteroatoms. The van der Waals surface area contributed by atoms with Gasteiger partial charge in [-0.1, -0.05) is 0 Å². The Morgan fingerprint density at radius 1 is 1.55 bits per heavy atom. The smallest absolute Gasteiger partial charge is 0.286 e. The zero-order valence-electron chi connectivity index (χ0n) is 6.75. The first kappa shape index (κ1) is 8.24. The minimum atomic E-state index is -0.364. The molecule has 0 N–H and O–H groups in total. The fraction of sp³-hybridized carbons (Fsp3) is 0.750. The number of likely N-dealkylation sites (tertiary alicyclic amines) is 1. The van der Waals surface area contributed by atoms with Gasteiger partial charge >= 0.3 is 0 Å². The van der Waals surface area contributed by atoms with Crippen molar-refractivity contribution in [1.29, 1.82) is 0 Å². The van der Waals surface area contributed by atoms with Crippen LogP contribution in [0.3, 0.4) is 0 Å². The monoisotopic (exact) mass is 155 g/mol. The Labute approximate surface area is 66.4 Å². The van der Waals surface area contributed by atoms with Crippen LogP contribution in [0.15, 0.2) is 0 Å². The molecule has 1 fully saturated rings. The van der Waals surface area contributed by atoms with Gasteiger partial charge in [-0.25, -0.2) is 0 Å². The van der Waals surface area contributed by atoms with E-state index in [2.05, 4.69) is 0 Å². The Bertz CT molecular complexity index is 167. The number of rotatable bonds is 1. The van der Waals surface area contributed by atoms with E-state index in [0.717, 1.165) is 19.4 Å². The molecule has 0 aliphatic carbocycles. The van der Waals surface area contributed by atoms with Crippen molar-refractivity contribution in [2.24, 2.45) is 0 Å². The molecule has 0 radical (unpaired) electrons. The summed E-state index contributed by atoms with van der Waals surface area (Å²) in [4.78, 5) is 22.7. The Morgan fingerprint density at radius 3 is 2.82 bits per heavy atom. The Hall–Kier alpha value is -0.860. The van der Waals surface area contributed by atoms with Gasteiger partial charge in [0, 0.05) is 12.6 Å². The average Bonchev–Trinajstić information content (AvgIpc) is 2.04. The topological polar surface area (TPSA) is 37.4 Å². The number of piperidine rings is 1. The lowest BCUT2D eigenvalue weighted by molar-refractivity contribution is -0.141. The van der Waals surface area contributed by atoms with Crippen LogP contribution in [-0.2, 0) is 9.59 Å². The van der Waals surface area contributed by atoms with Crippen molar-refractivity contribution in [3.8, 4) is 0 Å². The van der Waals surface area contributed by atoms with Gasteiger partial charge in [0.2, 0.25) is 6.29 Å². The van der Waals surface area contributed by atoms with E-state index in [4.69, 9.17) is 0 Å². The zero-order valence-corrected chi connectivity index (χ0v) is 6.75. The summed E-state index contributed by atoms with van der Waals surface area (Å²) in [6.45, 7) is 2.74. The summed E-state index contributed by atoms with van der Waals surface area (Å²) in [6.07, 6.45) is 3.63. The van der Waals surface area contributed by atoms with E-state index in [1.165, 1.54) is 6.42 Å². The minimum absolute atomic E-state index is 0.251. The predicted molar refractivity (Wildman–Crippen MR) is 41.1 cm³/mol. The minimum Gasteiger partial charge on any atom is -0.334 e. The van der Waals surface area contributed by atoms with Crippen LogP contribution < -0.4 is 0 Å². The molecule has 1 saturated heterocycles. The van der Waals surface area contributed by atoms with Crippen molar-refractivity contribution < 1.29 is 9.59 Å². The van der Waals surface area contributed by atoms with Crippen LogP contribution in [0.1, 0.15) is 26.2 Å². The number of amides is 1. The fourth-order valence-corrected chi connectivity index (χ4v) is 1.49. The Kier molecular flexibility index (Phi) is 2.63. The molecule has 0 saturated carbocycles. The first-order valence-corrected chi connectivity index (χ1v) is 4.01. The lowest BCUT2D eigenvalue weighted by Gasteiger charge is -2.31. The SMILES string of the molecule is C[C@@H]1CCCCN1C(=O)C=O. The maximum atomic E-state index is 10.9. The second-order valence-corrected chi connectivity index (χ2v) is 2.99. The molecule has 1 aliphatic rings. The van der Waals surface area contributed by atoms with Crippen molar-refractivity contribution in [1.82, 2.24) is 4.90 Å². The number of aldehydes is 1. The molecule has 1 atom stereocenters. The number of hydrogen-bond acceptors (Lipinski definition) is 2. The molecule has 0 spiro atoms. The lowest BCUT2D eigenvalue weighted by atomic mass is 10.0. The zero-order chi connectivity index (χ0) is 8.27. The van der Waals surface area contributed by atoms with Gasteiger partial charge in [0.15, 0.2) is 0 Å². The van der Waals surface area contributed by atoms with Crippen molar-refractivity contribution in [3.63, 3.8) is 0 Å². The third kappa shape index (κ3) is 1.79. The summed E-state index contributed by atoms with van der Waals surface area (Å²) in [7, 11) is 0. The van der Waals surface area contributed by atoms with E-state index in [1.54, 1.807) is 4.90 Å². The quantitative estimate of drug-likeness (QED) is 0.410. The first-order chi connectivity index (χ1) is 5.25. The van der Waals surface area contributed by atoms with Crippen molar-refractivity contribution in [2.75, 3.05) is 6.54 Å². The van der Waals surface area contributed by atoms with Gasteiger partial charge in [-0.2, -0.15) is 0 Å². The molecule has 3 nitrogen and oxygen atoms in total. The maximum Gasteiger partial charge on any atom is 0.286 e. The summed E-state index contributed by atoms with van der Waals surface area (Å²) in [5, 5.41) is 0. The molecule has 0 aromatic rings. The van der Waals surface area contributed by atoms with E-state index in [9.17, 15) is 9.59 Å². The van der Waals surface area contributed by atoms with Gasteiger partial charge in [0.05, 0.1) is 0 Å². The van der Waals surface area contributed by atoms with Crippen LogP contribution in [0.4, 0.5) is 0 Å². The highest BCUT2D eigenvalue weighted by Gasteiger charge is 2.21. The van der Waals surface area contributed by atoms with E-state index in [-0.39, 0.29) is 11.9 Å². The highest BCUT2D eigenvalue weighted by molar-refractivity contribution is 6.23. The number of nitrogens with zero attached hydrogens (tertiary/aromatic N) is 1. The van der Waals surface area contributed by atoms with Crippen LogP contribution in [0, 0.1) is 0 Å². The van der Waals surface area contributed by atoms with E-state index in [0.29, 0.717) is 6.29 Å². The molecular weight excluding hydrogens is 142 g/mol. The summed E-state index contributed by atoms with van der Waals surface area (Å²) >= 11 is 0. The highest BCUT2D eigenvalue weighted by atomic mass is 16.2. The third-order valence-electron chi connectivity index (χ3n) is 2.19. The number of carbonyl (C=O) groups excluding carboxylic acids is 2. The van der Waals surface area contributed by atoms with Gasteiger partial charge in [-0.15, -0.1) is 0 Å². The van der Waals surface area contributed by atoms with Gasteiger partial charge in [0.25, 0.3) is 5.91 Å². The normalized spacial score (nSPS) is 24.8. The summed E-state index contributed by atoms with van der Waals surface area (Å²) in [6, 6.07) is 0.251. The van der Waals surface area contributed by atoms with E-state index < -0.39 is 0 Å². The second kappa shape index (κ2) is 3.51. The number of hydrogen-bond donors (Lipinski definition) is 0. The van der Waals surface area contributed by atoms with Crippen molar-refractivity contribution in [2.45, 2.75) is 32.2 Å². The summed E-state index contributed by atoms with van der Waals surface area (Å²) in [5.41, 5.74) is 0. The summed E-state index contributed by atoms with van der Waals surface area (Å²) < 4.78 is 0. The standard InChI is InChI=1S/C8H13NO2/c1-7-4-2-3-5-9(7)8(11)6-10/h6-7H,2-5H2,1H3/t7-/m1/s1. The van der Waals surface area contributed by atoms with E-state index in [1.807, 2.05) is 6.92 Å².